The summed E-state index contributed by atoms with van der Waals surface area (Å²) in [5.41, 5.74) is 11.4. The van der Waals surface area contributed by atoms with Gasteiger partial charge in [-0.3, -0.25) is 5.10 Å². The fourth-order valence-electron chi connectivity index (χ4n) is 2.85. The number of nitrogens with zero attached hydrogens (tertiary/aromatic N) is 1. The smallest absolute Gasteiger partial charge is 0.0537 e. The molecule has 2 aromatic rings. The summed E-state index contributed by atoms with van der Waals surface area (Å²) in [6.45, 7) is 2.17. The molecule has 17 heavy (non-hydrogen) atoms. The normalized spacial score (nSPS) is 23.4. The fraction of sp³-hybridized carbons (Fsp3) is 0.357. The van der Waals surface area contributed by atoms with E-state index in [-0.39, 0.29) is 6.04 Å². The predicted octanol–water partition coefficient (Wildman–Crippen LogP) is 2.45. The molecule has 1 aromatic heterocycles. The summed E-state index contributed by atoms with van der Waals surface area (Å²) in [6.07, 6.45) is 3.90. The van der Waals surface area contributed by atoms with Gasteiger partial charge in [0.2, 0.25) is 0 Å². The van der Waals surface area contributed by atoms with Crippen molar-refractivity contribution in [3.05, 3.63) is 52.8 Å². The zero-order valence-electron chi connectivity index (χ0n) is 9.98. The van der Waals surface area contributed by atoms with E-state index >= 15 is 0 Å². The van der Waals surface area contributed by atoms with Gasteiger partial charge in [-0.15, -0.1) is 0 Å². The number of aromatic nitrogens is 2. The molecule has 0 aliphatic heterocycles. The highest BCUT2D eigenvalue weighted by Crippen LogP contribution is 2.37. The Labute approximate surface area is 101 Å². The van der Waals surface area contributed by atoms with Crippen LogP contribution in [0.15, 0.2) is 30.5 Å². The summed E-state index contributed by atoms with van der Waals surface area (Å²) in [5.74, 6) is 0.513. The van der Waals surface area contributed by atoms with E-state index < -0.39 is 0 Å². The third-order valence-electron chi connectivity index (χ3n) is 3.77. The molecule has 0 amide bonds. The van der Waals surface area contributed by atoms with E-state index in [1.807, 2.05) is 6.20 Å². The van der Waals surface area contributed by atoms with Gasteiger partial charge in [-0.05, 0) is 36.8 Å². The summed E-state index contributed by atoms with van der Waals surface area (Å²) in [5, 5.41) is 7.18. The molecule has 0 saturated carbocycles. The first-order chi connectivity index (χ1) is 8.25. The molecule has 1 aromatic carbocycles. The first-order valence-corrected chi connectivity index (χ1v) is 6.09. The van der Waals surface area contributed by atoms with Crippen molar-refractivity contribution in [1.82, 2.24) is 10.2 Å². The standard InChI is InChI=1S/C14H17N3/c1-9-4-2-3-5-11(9)10-6-13(15)12-8-16-17-14(12)7-10/h2-5,8,10,13H,6-7,15H2,1H3,(H,16,17). The van der Waals surface area contributed by atoms with Gasteiger partial charge in [0.05, 0.1) is 6.20 Å². The molecular formula is C14H17N3. The average molecular weight is 227 g/mol. The number of H-pyrrole nitrogens is 1. The highest BCUT2D eigenvalue weighted by molar-refractivity contribution is 5.34. The number of fused-ring (bicyclic) bond motifs is 1. The molecule has 0 spiro atoms. The molecule has 3 rings (SSSR count). The van der Waals surface area contributed by atoms with Crippen LogP contribution in [0, 0.1) is 6.92 Å². The van der Waals surface area contributed by atoms with Crippen LogP contribution in [0.1, 0.15) is 40.8 Å². The molecule has 0 fully saturated rings. The van der Waals surface area contributed by atoms with Crippen LogP contribution >= 0.6 is 0 Å². The Kier molecular flexibility index (Phi) is 2.48. The number of aromatic amines is 1. The van der Waals surface area contributed by atoms with Crippen molar-refractivity contribution < 1.29 is 0 Å². The Bertz CT molecular complexity index is 530. The number of nitrogens with one attached hydrogen (secondary N) is 1. The van der Waals surface area contributed by atoms with Crippen molar-refractivity contribution in [2.45, 2.75) is 31.7 Å². The van der Waals surface area contributed by atoms with Gasteiger partial charge in [-0.2, -0.15) is 5.10 Å². The monoisotopic (exact) mass is 227 g/mol. The number of benzene rings is 1. The molecule has 2 unspecified atom stereocenters. The van der Waals surface area contributed by atoms with Gasteiger partial charge in [0.1, 0.15) is 0 Å². The Morgan fingerprint density at radius 3 is 2.94 bits per heavy atom. The minimum absolute atomic E-state index is 0.113. The van der Waals surface area contributed by atoms with Crippen molar-refractivity contribution >= 4 is 0 Å². The van der Waals surface area contributed by atoms with Crippen molar-refractivity contribution in [1.29, 1.82) is 0 Å². The van der Waals surface area contributed by atoms with Gasteiger partial charge >= 0.3 is 0 Å². The number of hydrogen-bond acceptors (Lipinski definition) is 2. The fourth-order valence-corrected chi connectivity index (χ4v) is 2.85. The van der Waals surface area contributed by atoms with Gasteiger partial charge in [-0.25, -0.2) is 0 Å². The lowest BCUT2D eigenvalue weighted by molar-refractivity contribution is 0.498. The number of rotatable bonds is 1. The third-order valence-corrected chi connectivity index (χ3v) is 3.77. The molecule has 0 radical (unpaired) electrons. The Balaban J connectivity index is 1.96. The molecule has 1 aliphatic carbocycles. The first-order valence-electron chi connectivity index (χ1n) is 6.09. The van der Waals surface area contributed by atoms with E-state index in [4.69, 9.17) is 5.73 Å². The Morgan fingerprint density at radius 1 is 1.29 bits per heavy atom. The summed E-state index contributed by atoms with van der Waals surface area (Å²) < 4.78 is 0. The lowest BCUT2D eigenvalue weighted by Crippen LogP contribution is -2.22. The maximum atomic E-state index is 6.21. The molecular weight excluding hydrogens is 210 g/mol. The maximum Gasteiger partial charge on any atom is 0.0537 e. The van der Waals surface area contributed by atoms with Crippen molar-refractivity contribution in [2.75, 3.05) is 0 Å². The van der Waals surface area contributed by atoms with Crippen LogP contribution in [0.5, 0.6) is 0 Å². The van der Waals surface area contributed by atoms with Crippen LogP contribution in [0.4, 0.5) is 0 Å². The van der Waals surface area contributed by atoms with E-state index in [0.717, 1.165) is 12.8 Å². The Hall–Kier alpha value is -1.61. The molecule has 3 heteroatoms. The molecule has 1 aliphatic rings. The molecule has 1 heterocycles. The van der Waals surface area contributed by atoms with Crippen molar-refractivity contribution in [3.8, 4) is 0 Å². The van der Waals surface area contributed by atoms with Crippen LogP contribution in [0.25, 0.3) is 0 Å². The summed E-state index contributed by atoms with van der Waals surface area (Å²) in [7, 11) is 0. The lowest BCUT2D eigenvalue weighted by atomic mass is 9.79. The molecule has 3 N–H and O–H groups in total. The Morgan fingerprint density at radius 2 is 2.12 bits per heavy atom. The van der Waals surface area contributed by atoms with E-state index in [1.165, 1.54) is 22.4 Å². The largest absolute Gasteiger partial charge is 0.324 e. The van der Waals surface area contributed by atoms with Crippen molar-refractivity contribution in [3.63, 3.8) is 0 Å². The second-order valence-corrected chi connectivity index (χ2v) is 4.90. The van der Waals surface area contributed by atoms with Crippen LogP contribution < -0.4 is 5.73 Å². The molecule has 2 atom stereocenters. The molecule has 0 saturated heterocycles. The highest BCUT2D eigenvalue weighted by atomic mass is 15.1. The SMILES string of the molecule is Cc1ccccc1C1Cc2[nH]ncc2C(N)C1. The summed E-state index contributed by atoms with van der Waals surface area (Å²) in [6, 6.07) is 8.69. The second-order valence-electron chi connectivity index (χ2n) is 4.90. The maximum absolute atomic E-state index is 6.21. The van der Waals surface area contributed by atoms with E-state index in [9.17, 15) is 0 Å². The number of aryl methyl sites for hydroxylation is 1. The molecule has 88 valence electrons. The highest BCUT2D eigenvalue weighted by Gasteiger charge is 2.27. The number of hydrogen-bond donors (Lipinski definition) is 2. The second kappa shape index (κ2) is 4.00. The van der Waals surface area contributed by atoms with E-state index in [0.29, 0.717) is 5.92 Å². The lowest BCUT2D eigenvalue weighted by Gasteiger charge is -2.27. The van der Waals surface area contributed by atoms with Gasteiger partial charge in [-0.1, -0.05) is 24.3 Å². The topological polar surface area (TPSA) is 54.7 Å². The minimum Gasteiger partial charge on any atom is -0.324 e. The number of nitrogens with two attached hydrogens (primary N) is 1. The van der Waals surface area contributed by atoms with Gasteiger partial charge in [0.25, 0.3) is 0 Å². The van der Waals surface area contributed by atoms with E-state index in [2.05, 4.69) is 41.4 Å². The van der Waals surface area contributed by atoms with Crippen LogP contribution in [0.2, 0.25) is 0 Å². The average Bonchev–Trinajstić information content (AvgIpc) is 2.78. The first kappa shape index (κ1) is 10.5. The molecule has 3 nitrogen and oxygen atoms in total. The van der Waals surface area contributed by atoms with Crippen molar-refractivity contribution in [2.24, 2.45) is 5.73 Å². The summed E-state index contributed by atoms with van der Waals surface area (Å²) >= 11 is 0. The predicted molar refractivity (Wildman–Crippen MR) is 67.8 cm³/mol. The van der Waals surface area contributed by atoms with Gasteiger partial charge in [0, 0.05) is 17.3 Å². The third kappa shape index (κ3) is 1.76. The quantitative estimate of drug-likeness (QED) is 0.786. The molecule has 0 bridgehead atoms. The van der Waals surface area contributed by atoms with Gasteiger partial charge < -0.3 is 5.73 Å². The van der Waals surface area contributed by atoms with Crippen LogP contribution in [-0.4, -0.2) is 10.2 Å². The van der Waals surface area contributed by atoms with Crippen LogP contribution in [0.3, 0.4) is 0 Å². The van der Waals surface area contributed by atoms with Crippen LogP contribution in [-0.2, 0) is 6.42 Å². The van der Waals surface area contributed by atoms with E-state index in [1.54, 1.807) is 0 Å². The zero-order chi connectivity index (χ0) is 11.8. The van der Waals surface area contributed by atoms with Gasteiger partial charge in [0.15, 0.2) is 0 Å². The summed E-state index contributed by atoms with van der Waals surface area (Å²) in [4.78, 5) is 0. The minimum atomic E-state index is 0.113. The zero-order valence-corrected chi connectivity index (χ0v) is 9.98.